The molecule has 0 rings (SSSR count). The lowest BCUT2D eigenvalue weighted by Crippen LogP contribution is -2.36. The molecule has 0 aliphatic rings. The van der Waals surface area contributed by atoms with Crippen LogP contribution in [0.5, 0.6) is 0 Å². The molecule has 10 heavy (non-hydrogen) atoms. The van der Waals surface area contributed by atoms with Gasteiger partial charge < -0.3 is 5.73 Å². The quantitative estimate of drug-likeness (QED) is 0.602. The average molecular weight is 161 g/mol. The van der Waals surface area contributed by atoms with Gasteiger partial charge >= 0.3 is 0 Å². The number of amides is 1. The fourth-order valence-electron chi connectivity index (χ4n) is 0.453. The molecule has 2 N–H and O–H groups in total. The van der Waals surface area contributed by atoms with Gasteiger partial charge in [0.15, 0.2) is 0 Å². The Morgan fingerprint density at radius 1 is 1.60 bits per heavy atom. The smallest absolute Gasteiger partial charge is 0.232 e. The third-order valence-electron chi connectivity index (χ3n) is 1.75. The molecule has 0 aromatic rings. The molecule has 0 saturated heterocycles. The number of rotatable bonds is 2. The van der Waals surface area contributed by atoms with Gasteiger partial charge in [-0.05, 0) is 27.0 Å². The summed E-state index contributed by atoms with van der Waals surface area (Å²) >= 11 is 0. The molecule has 3 heteroatoms. The third kappa shape index (κ3) is 1.84. The molecule has 1 unspecified atom stereocenters. The van der Waals surface area contributed by atoms with E-state index >= 15 is 0 Å². The third-order valence-corrected chi connectivity index (χ3v) is 4.27. The number of carbonyl (C=O) groups excluding carboxylic acids is 1. The van der Waals surface area contributed by atoms with Crippen LogP contribution in [0.25, 0.3) is 0 Å². The highest BCUT2D eigenvalue weighted by Gasteiger charge is 2.25. The Morgan fingerprint density at radius 3 is 2.10 bits per heavy atom. The minimum atomic E-state index is -0.380. The van der Waals surface area contributed by atoms with Crippen molar-refractivity contribution in [3.05, 3.63) is 0 Å². The lowest BCUT2D eigenvalue weighted by atomic mass is 10.2. The molecule has 2 nitrogen and oxygen atoms in total. The average Bonchev–Trinajstić information content (AvgIpc) is 1.86. The Bertz CT molecular complexity index is 172. The summed E-state index contributed by atoms with van der Waals surface area (Å²) in [6.07, 6.45) is 2.02. The molecule has 0 fully saturated rings. The predicted molar refractivity (Wildman–Crippen MR) is 48.5 cm³/mol. The summed E-state index contributed by atoms with van der Waals surface area (Å²) in [5.74, 6) is -0.226. The molecule has 0 aliphatic carbocycles. The minimum absolute atomic E-state index is 0.0170. The van der Waals surface area contributed by atoms with Gasteiger partial charge in [-0.3, -0.25) is 4.79 Å². The molecule has 1 atom stereocenters. The molecule has 0 heterocycles. The summed E-state index contributed by atoms with van der Waals surface area (Å²) in [6, 6.07) is 0. The number of hydrogen-bond donors (Lipinski definition) is 1. The van der Waals surface area contributed by atoms with E-state index in [0.29, 0.717) is 0 Å². The number of carbonyl (C=O) groups is 1. The highest BCUT2D eigenvalue weighted by Crippen LogP contribution is 2.27. The van der Waals surface area contributed by atoms with Crippen LogP contribution in [0.15, 0.2) is 0 Å². The van der Waals surface area contributed by atoms with E-state index in [1.165, 1.54) is 0 Å². The zero-order valence-corrected chi connectivity index (χ0v) is 7.79. The normalized spacial score (nSPS) is 15.2. The van der Waals surface area contributed by atoms with Crippen molar-refractivity contribution in [2.24, 2.45) is 5.73 Å². The van der Waals surface area contributed by atoms with Crippen LogP contribution in [0, 0.1) is 0 Å². The summed E-state index contributed by atoms with van der Waals surface area (Å²) in [6.45, 7) is 5.70. The first-order valence-electron chi connectivity index (χ1n) is 3.17. The zero-order chi connectivity index (χ0) is 8.36. The van der Waals surface area contributed by atoms with Gasteiger partial charge in [-0.15, -0.1) is 0 Å². The van der Waals surface area contributed by atoms with Gasteiger partial charge in [-0.25, -0.2) is 0 Å². The van der Waals surface area contributed by atoms with Gasteiger partial charge in [0, 0.05) is 0 Å². The molecule has 0 bridgehead atoms. The van der Waals surface area contributed by atoms with E-state index < -0.39 is 0 Å². The molecule has 0 saturated carbocycles. The maximum atomic E-state index is 10.8. The molecular weight excluding hydrogens is 146 g/mol. The molecule has 0 aliphatic heterocycles. The monoisotopic (exact) mass is 161 g/mol. The first-order valence-corrected chi connectivity index (χ1v) is 4.86. The van der Waals surface area contributed by atoms with E-state index in [1.807, 2.05) is 32.4 Å². The van der Waals surface area contributed by atoms with Crippen LogP contribution in [-0.4, -0.2) is 22.3 Å². The Balaban J connectivity index is 4.56. The second-order valence-corrected chi connectivity index (χ2v) is 5.28. The molecule has 0 aromatic heterocycles. The Hall–Kier alpha value is -0.310. The SMILES string of the molecule is CC=S(C)C(C)(C)C(N)=O. The first kappa shape index (κ1) is 9.69. The van der Waals surface area contributed by atoms with Crippen molar-refractivity contribution in [2.75, 3.05) is 6.26 Å². The maximum Gasteiger partial charge on any atom is 0.232 e. The van der Waals surface area contributed by atoms with E-state index in [4.69, 9.17) is 5.73 Å². The Labute approximate surface area is 64.7 Å². The van der Waals surface area contributed by atoms with Crippen LogP contribution in [0.1, 0.15) is 20.8 Å². The van der Waals surface area contributed by atoms with E-state index in [1.54, 1.807) is 0 Å². The van der Waals surface area contributed by atoms with Gasteiger partial charge in [0.1, 0.15) is 0 Å². The van der Waals surface area contributed by atoms with Gasteiger partial charge in [0.25, 0.3) is 0 Å². The van der Waals surface area contributed by atoms with Gasteiger partial charge in [-0.2, -0.15) is 10.5 Å². The first-order chi connectivity index (χ1) is 4.42. The van der Waals surface area contributed by atoms with Crippen LogP contribution in [0.4, 0.5) is 0 Å². The number of hydrogen-bond acceptors (Lipinski definition) is 1. The summed E-state index contributed by atoms with van der Waals surface area (Å²) in [5.41, 5.74) is 5.19. The molecule has 0 aromatic carbocycles. The van der Waals surface area contributed by atoms with Crippen molar-refractivity contribution in [3.63, 3.8) is 0 Å². The van der Waals surface area contributed by atoms with E-state index in [2.05, 4.69) is 0 Å². The van der Waals surface area contributed by atoms with Crippen LogP contribution in [0.3, 0.4) is 0 Å². The van der Waals surface area contributed by atoms with Crippen molar-refractivity contribution < 1.29 is 4.79 Å². The highest BCUT2D eigenvalue weighted by atomic mass is 32.2. The number of nitrogens with two attached hydrogens (primary N) is 1. The summed E-state index contributed by atoms with van der Waals surface area (Å²) < 4.78 is -0.380. The highest BCUT2D eigenvalue weighted by molar-refractivity contribution is 8.16. The zero-order valence-electron chi connectivity index (χ0n) is 6.97. The van der Waals surface area contributed by atoms with Gasteiger partial charge in [0.2, 0.25) is 5.91 Å². The molecule has 60 valence electrons. The fourth-order valence-corrected chi connectivity index (χ4v) is 1.36. The van der Waals surface area contributed by atoms with Crippen molar-refractivity contribution in [1.29, 1.82) is 0 Å². The predicted octanol–water partition coefficient (Wildman–Crippen LogP) is 0.971. The lowest BCUT2D eigenvalue weighted by Gasteiger charge is -2.22. The molecule has 0 radical (unpaired) electrons. The maximum absolute atomic E-state index is 10.8. The van der Waals surface area contributed by atoms with Crippen molar-refractivity contribution in [1.82, 2.24) is 0 Å². The number of primary amides is 1. The van der Waals surface area contributed by atoms with Gasteiger partial charge in [0.05, 0.1) is 4.75 Å². The standard InChI is InChI=1S/C7H15NOS/c1-5-10(4)7(2,3)6(8)9/h5H,1-4H3,(H2,8,9). The van der Waals surface area contributed by atoms with Crippen LogP contribution < -0.4 is 5.73 Å². The Morgan fingerprint density at radius 2 is 2.00 bits per heavy atom. The molecule has 0 spiro atoms. The van der Waals surface area contributed by atoms with Crippen LogP contribution in [0.2, 0.25) is 0 Å². The summed E-state index contributed by atoms with van der Waals surface area (Å²) in [7, 11) is -0.0170. The topological polar surface area (TPSA) is 43.1 Å². The van der Waals surface area contributed by atoms with Crippen molar-refractivity contribution in [2.45, 2.75) is 25.5 Å². The Kier molecular flexibility index (Phi) is 3.09. The largest absolute Gasteiger partial charge is 0.369 e. The second-order valence-electron chi connectivity index (χ2n) is 2.67. The fraction of sp³-hybridized carbons (Fsp3) is 0.714. The van der Waals surface area contributed by atoms with E-state index in [-0.39, 0.29) is 21.1 Å². The lowest BCUT2D eigenvalue weighted by molar-refractivity contribution is -0.119. The summed E-state index contributed by atoms with van der Waals surface area (Å²) in [5, 5.41) is 2.02. The van der Waals surface area contributed by atoms with E-state index in [0.717, 1.165) is 0 Å². The molecule has 1 amide bonds. The van der Waals surface area contributed by atoms with Crippen molar-refractivity contribution in [3.8, 4) is 0 Å². The van der Waals surface area contributed by atoms with Crippen LogP contribution >= 0.6 is 10.5 Å². The van der Waals surface area contributed by atoms with E-state index in [9.17, 15) is 4.79 Å². The summed E-state index contributed by atoms with van der Waals surface area (Å²) in [4.78, 5) is 10.8. The second kappa shape index (κ2) is 3.19. The minimum Gasteiger partial charge on any atom is -0.369 e. The van der Waals surface area contributed by atoms with Gasteiger partial charge in [-0.1, -0.05) is 5.37 Å². The molecular formula is C7H15NOS. The van der Waals surface area contributed by atoms with Crippen molar-refractivity contribution >= 4 is 21.8 Å². The van der Waals surface area contributed by atoms with Crippen LogP contribution in [-0.2, 0) is 4.79 Å².